The third-order valence-electron chi connectivity index (χ3n) is 1.25. The van der Waals surface area contributed by atoms with Crippen molar-refractivity contribution in [1.29, 1.82) is 0 Å². The monoisotopic (exact) mass is 201 g/mol. The lowest BCUT2D eigenvalue weighted by Gasteiger charge is -2.13. The van der Waals surface area contributed by atoms with Gasteiger partial charge in [-0.3, -0.25) is 0 Å². The van der Waals surface area contributed by atoms with E-state index >= 15 is 0 Å². The third-order valence-corrected chi connectivity index (χ3v) is 1.25. The van der Waals surface area contributed by atoms with Gasteiger partial charge in [-0.1, -0.05) is 0 Å². The van der Waals surface area contributed by atoms with Gasteiger partial charge in [-0.05, 0) is 6.42 Å². The number of hydrogen-bond acceptors (Lipinski definition) is 3. The second-order valence-electron chi connectivity index (χ2n) is 2.26. The van der Waals surface area contributed by atoms with Crippen LogP contribution in [0.3, 0.4) is 0 Å². The number of halogens is 3. The molecule has 2 N–H and O–H groups in total. The maximum Gasteiger partial charge on any atom is 0.414 e. The van der Waals surface area contributed by atoms with E-state index < -0.39 is 24.8 Å². The van der Waals surface area contributed by atoms with E-state index in [0.29, 0.717) is 0 Å². The first-order valence-electron chi connectivity index (χ1n) is 3.44. The van der Waals surface area contributed by atoms with Crippen molar-refractivity contribution >= 4 is 6.09 Å². The van der Waals surface area contributed by atoms with E-state index in [1.807, 2.05) is 5.32 Å². The van der Waals surface area contributed by atoms with Crippen LogP contribution in [-0.2, 0) is 4.74 Å². The average Bonchev–Trinajstić information content (AvgIpc) is 2.02. The number of carbonyl (C=O) groups excluding carboxylic acids is 1. The van der Waals surface area contributed by atoms with Crippen molar-refractivity contribution in [3.05, 3.63) is 0 Å². The van der Waals surface area contributed by atoms with Crippen molar-refractivity contribution in [2.45, 2.75) is 18.7 Å². The standard InChI is InChI=1S/C6H10F3NO3/c1-13-5(12)10-3-2-4(11)6(7,8)9/h4,11H,2-3H2,1H3,(H,10,12). The molecular formula is C6H10F3NO3. The van der Waals surface area contributed by atoms with E-state index in [0.717, 1.165) is 7.11 Å². The predicted octanol–water partition coefficient (Wildman–Crippen LogP) is 0.656. The molecule has 0 saturated carbocycles. The summed E-state index contributed by atoms with van der Waals surface area (Å²) in [6.45, 7) is -0.284. The van der Waals surface area contributed by atoms with Crippen molar-refractivity contribution in [3.63, 3.8) is 0 Å². The summed E-state index contributed by atoms with van der Waals surface area (Å²) >= 11 is 0. The van der Waals surface area contributed by atoms with Crippen LogP contribution in [0.1, 0.15) is 6.42 Å². The normalized spacial score (nSPS) is 13.6. The Morgan fingerprint density at radius 2 is 2.15 bits per heavy atom. The Hall–Kier alpha value is -0.980. The van der Waals surface area contributed by atoms with Gasteiger partial charge in [-0.2, -0.15) is 13.2 Å². The Morgan fingerprint density at radius 1 is 1.62 bits per heavy atom. The Balaban J connectivity index is 3.60. The van der Waals surface area contributed by atoms with Gasteiger partial charge in [0.15, 0.2) is 6.10 Å². The Bertz CT molecular complexity index is 171. The minimum atomic E-state index is -4.64. The van der Waals surface area contributed by atoms with Gasteiger partial charge in [-0.15, -0.1) is 0 Å². The van der Waals surface area contributed by atoms with Gasteiger partial charge >= 0.3 is 12.3 Å². The molecule has 1 amide bonds. The fraction of sp³-hybridized carbons (Fsp3) is 0.833. The lowest BCUT2D eigenvalue weighted by Crippen LogP contribution is -2.33. The molecule has 0 aliphatic carbocycles. The zero-order valence-corrected chi connectivity index (χ0v) is 6.89. The van der Waals surface area contributed by atoms with Gasteiger partial charge in [0, 0.05) is 6.54 Å². The van der Waals surface area contributed by atoms with Crippen molar-refractivity contribution in [2.75, 3.05) is 13.7 Å². The SMILES string of the molecule is COC(=O)NCCC(O)C(F)(F)F. The second kappa shape index (κ2) is 4.90. The van der Waals surface area contributed by atoms with Gasteiger partial charge in [-0.25, -0.2) is 4.79 Å². The van der Waals surface area contributed by atoms with Crippen molar-refractivity contribution in [2.24, 2.45) is 0 Å². The highest BCUT2D eigenvalue weighted by molar-refractivity contribution is 5.66. The second-order valence-corrected chi connectivity index (χ2v) is 2.26. The summed E-state index contributed by atoms with van der Waals surface area (Å²) in [6.07, 6.45) is -8.46. The number of nitrogens with one attached hydrogen (secondary N) is 1. The van der Waals surface area contributed by atoms with E-state index in [-0.39, 0.29) is 6.54 Å². The first kappa shape index (κ1) is 12.0. The highest BCUT2D eigenvalue weighted by atomic mass is 19.4. The van der Waals surface area contributed by atoms with Crippen LogP contribution in [0.25, 0.3) is 0 Å². The van der Waals surface area contributed by atoms with Gasteiger partial charge in [0.05, 0.1) is 7.11 Å². The maximum atomic E-state index is 11.7. The Labute approximate surface area is 72.7 Å². The zero-order chi connectivity index (χ0) is 10.5. The number of alkyl halides is 3. The number of amides is 1. The number of rotatable bonds is 3. The summed E-state index contributed by atoms with van der Waals surface area (Å²) in [7, 11) is 1.09. The maximum absolute atomic E-state index is 11.7. The summed E-state index contributed by atoms with van der Waals surface area (Å²) in [5.74, 6) is 0. The van der Waals surface area contributed by atoms with Crippen LogP contribution >= 0.6 is 0 Å². The Morgan fingerprint density at radius 3 is 2.54 bits per heavy atom. The molecule has 1 atom stereocenters. The number of aliphatic hydroxyl groups excluding tert-OH is 1. The van der Waals surface area contributed by atoms with Crippen molar-refractivity contribution < 1.29 is 27.8 Å². The summed E-state index contributed by atoms with van der Waals surface area (Å²) in [5.41, 5.74) is 0. The molecule has 1 unspecified atom stereocenters. The van der Waals surface area contributed by atoms with Crippen molar-refractivity contribution in [1.82, 2.24) is 5.32 Å². The quantitative estimate of drug-likeness (QED) is 0.705. The van der Waals surface area contributed by atoms with Crippen LogP contribution in [0.15, 0.2) is 0 Å². The zero-order valence-electron chi connectivity index (χ0n) is 6.89. The van der Waals surface area contributed by atoms with E-state index in [1.54, 1.807) is 0 Å². The third kappa shape index (κ3) is 5.29. The van der Waals surface area contributed by atoms with Gasteiger partial charge in [0.25, 0.3) is 0 Å². The molecule has 0 rings (SSSR count). The molecule has 0 saturated heterocycles. The highest BCUT2D eigenvalue weighted by Crippen LogP contribution is 2.21. The number of hydrogen-bond donors (Lipinski definition) is 2. The summed E-state index contributed by atoms with van der Waals surface area (Å²) in [4.78, 5) is 10.3. The first-order valence-corrected chi connectivity index (χ1v) is 3.44. The molecular weight excluding hydrogens is 191 g/mol. The van der Waals surface area contributed by atoms with Crippen LogP contribution < -0.4 is 5.32 Å². The smallest absolute Gasteiger partial charge is 0.414 e. The number of ether oxygens (including phenoxy) is 1. The van der Waals surface area contributed by atoms with Crippen LogP contribution in [-0.4, -0.2) is 37.1 Å². The van der Waals surface area contributed by atoms with E-state index in [2.05, 4.69) is 4.74 Å². The molecule has 13 heavy (non-hydrogen) atoms. The van der Waals surface area contributed by atoms with E-state index in [1.165, 1.54) is 0 Å². The summed E-state index contributed by atoms with van der Waals surface area (Å²) in [5, 5.41) is 10.5. The molecule has 4 nitrogen and oxygen atoms in total. The van der Waals surface area contributed by atoms with Gasteiger partial charge in [0.1, 0.15) is 0 Å². The first-order chi connectivity index (χ1) is 5.88. The molecule has 0 aliphatic heterocycles. The van der Waals surface area contributed by atoms with Crippen molar-refractivity contribution in [3.8, 4) is 0 Å². The predicted molar refractivity (Wildman–Crippen MR) is 37.1 cm³/mol. The Kier molecular flexibility index (Phi) is 4.53. The fourth-order valence-corrected chi connectivity index (χ4v) is 0.547. The topological polar surface area (TPSA) is 58.6 Å². The van der Waals surface area contributed by atoms with E-state index in [4.69, 9.17) is 5.11 Å². The van der Waals surface area contributed by atoms with E-state index in [9.17, 15) is 18.0 Å². The molecule has 0 aromatic rings. The van der Waals surface area contributed by atoms with Crippen LogP contribution in [0.4, 0.5) is 18.0 Å². The molecule has 7 heteroatoms. The average molecular weight is 201 g/mol. The lowest BCUT2D eigenvalue weighted by atomic mass is 10.2. The summed E-state index contributed by atoms with van der Waals surface area (Å²) in [6, 6.07) is 0. The highest BCUT2D eigenvalue weighted by Gasteiger charge is 2.37. The molecule has 0 bridgehead atoms. The minimum Gasteiger partial charge on any atom is -0.453 e. The minimum absolute atomic E-state index is 0.284. The van der Waals surface area contributed by atoms with Crippen LogP contribution in [0, 0.1) is 0 Å². The molecule has 0 spiro atoms. The molecule has 0 aromatic carbocycles. The molecule has 0 fully saturated rings. The molecule has 0 aliphatic rings. The molecule has 0 aromatic heterocycles. The lowest BCUT2D eigenvalue weighted by molar-refractivity contribution is -0.204. The number of alkyl carbamates (subject to hydrolysis) is 1. The molecule has 0 heterocycles. The molecule has 78 valence electrons. The fourth-order valence-electron chi connectivity index (χ4n) is 0.547. The van der Waals surface area contributed by atoms with Crippen LogP contribution in [0.5, 0.6) is 0 Å². The number of methoxy groups -OCH3 is 1. The molecule has 0 radical (unpaired) electrons. The number of aliphatic hydroxyl groups is 1. The van der Waals surface area contributed by atoms with Gasteiger partial charge < -0.3 is 15.2 Å². The largest absolute Gasteiger partial charge is 0.453 e. The van der Waals surface area contributed by atoms with Crippen LogP contribution in [0.2, 0.25) is 0 Å². The summed E-state index contributed by atoms with van der Waals surface area (Å²) < 4.78 is 39.1. The van der Waals surface area contributed by atoms with Gasteiger partial charge in [0.2, 0.25) is 0 Å². The number of carbonyl (C=O) groups is 1.